The van der Waals surface area contributed by atoms with E-state index in [0.29, 0.717) is 18.7 Å². The second-order valence-electron chi connectivity index (χ2n) is 7.06. The summed E-state index contributed by atoms with van der Waals surface area (Å²) in [6.45, 7) is 2.64. The van der Waals surface area contributed by atoms with Crippen LogP contribution in [0, 0.1) is 5.82 Å². The zero-order valence-electron chi connectivity index (χ0n) is 14.7. The number of carbonyl (C=O) groups is 2. The highest BCUT2D eigenvalue weighted by Gasteiger charge is 2.34. The number of hydrogen-bond acceptors (Lipinski definition) is 2. The number of fused-ring (bicyclic) bond motifs is 1. The molecule has 2 amide bonds. The highest BCUT2D eigenvalue weighted by molar-refractivity contribution is 5.98. The van der Waals surface area contributed by atoms with Gasteiger partial charge in [0.2, 0.25) is 5.91 Å². The minimum Gasteiger partial charge on any atom is -0.331 e. The molecule has 5 heteroatoms. The topological polar surface area (TPSA) is 40.6 Å². The van der Waals surface area contributed by atoms with Crippen LogP contribution in [0.3, 0.4) is 0 Å². The fraction of sp³-hybridized carbons (Fsp3) is 0.333. The fourth-order valence-electron chi connectivity index (χ4n) is 3.61. The number of amides is 2. The van der Waals surface area contributed by atoms with Gasteiger partial charge in [-0.1, -0.05) is 12.1 Å². The Kier molecular flexibility index (Phi) is 4.23. The van der Waals surface area contributed by atoms with Gasteiger partial charge in [0.05, 0.1) is 0 Å². The molecule has 0 aromatic heterocycles. The van der Waals surface area contributed by atoms with Crippen molar-refractivity contribution < 1.29 is 14.0 Å². The van der Waals surface area contributed by atoms with E-state index in [1.165, 1.54) is 12.1 Å². The molecule has 26 heavy (non-hydrogen) atoms. The summed E-state index contributed by atoms with van der Waals surface area (Å²) in [5, 5.41) is 0. The van der Waals surface area contributed by atoms with Gasteiger partial charge >= 0.3 is 0 Å². The number of nitrogens with zero attached hydrogens (tertiary/aromatic N) is 2. The van der Waals surface area contributed by atoms with Crippen LogP contribution in [0.5, 0.6) is 0 Å². The highest BCUT2D eigenvalue weighted by Crippen LogP contribution is 2.32. The van der Waals surface area contributed by atoms with E-state index < -0.39 is 0 Å². The number of carbonyl (C=O) groups excluding carboxylic acids is 2. The van der Waals surface area contributed by atoms with Crippen LogP contribution in [0.1, 0.15) is 41.3 Å². The van der Waals surface area contributed by atoms with Gasteiger partial charge in [-0.3, -0.25) is 9.59 Å². The molecule has 4 nitrogen and oxygen atoms in total. The lowest BCUT2D eigenvalue weighted by Gasteiger charge is -2.23. The molecular weight excluding hydrogens is 331 g/mol. The molecule has 1 fully saturated rings. The maximum Gasteiger partial charge on any atom is 0.254 e. The van der Waals surface area contributed by atoms with Crippen molar-refractivity contribution in [2.24, 2.45) is 0 Å². The molecule has 1 aliphatic carbocycles. The molecule has 0 unspecified atom stereocenters. The van der Waals surface area contributed by atoms with Crippen molar-refractivity contribution in [1.82, 2.24) is 4.90 Å². The molecule has 1 saturated carbocycles. The first kappa shape index (κ1) is 16.8. The molecule has 1 heterocycles. The molecule has 2 aliphatic rings. The Balaban J connectivity index is 1.58. The molecule has 0 radical (unpaired) electrons. The van der Waals surface area contributed by atoms with E-state index in [0.717, 1.165) is 36.1 Å². The van der Waals surface area contributed by atoms with E-state index >= 15 is 0 Å². The zero-order valence-corrected chi connectivity index (χ0v) is 14.7. The number of anilines is 1. The molecular formula is C21H21FN2O2. The van der Waals surface area contributed by atoms with Crippen LogP contribution >= 0.6 is 0 Å². The quantitative estimate of drug-likeness (QED) is 0.844. The van der Waals surface area contributed by atoms with E-state index in [1.54, 1.807) is 24.0 Å². The van der Waals surface area contributed by atoms with Crippen LogP contribution in [0.15, 0.2) is 42.5 Å². The smallest absolute Gasteiger partial charge is 0.254 e. The average Bonchev–Trinajstić information content (AvgIpc) is 3.37. The molecule has 1 aliphatic heterocycles. The summed E-state index contributed by atoms with van der Waals surface area (Å²) in [6, 6.07) is 12.2. The maximum atomic E-state index is 13.5. The number of hydrogen-bond donors (Lipinski definition) is 0. The first-order valence-electron chi connectivity index (χ1n) is 8.99. The summed E-state index contributed by atoms with van der Waals surface area (Å²) in [5.74, 6) is -0.290. The lowest BCUT2D eigenvalue weighted by atomic mass is 10.1. The van der Waals surface area contributed by atoms with Gasteiger partial charge < -0.3 is 9.80 Å². The summed E-state index contributed by atoms with van der Waals surface area (Å²) in [4.78, 5) is 28.4. The van der Waals surface area contributed by atoms with Gasteiger partial charge in [-0.25, -0.2) is 4.39 Å². The predicted molar refractivity (Wildman–Crippen MR) is 97.5 cm³/mol. The van der Waals surface area contributed by atoms with Crippen molar-refractivity contribution in [2.75, 3.05) is 11.4 Å². The zero-order chi connectivity index (χ0) is 18.3. The van der Waals surface area contributed by atoms with Crippen LogP contribution in [0.4, 0.5) is 10.1 Å². The second kappa shape index (κ2) is 6.56. The van der Waals surface area contributed by atoms with Crippen molar-refractivity contribution in [2.45, 2.75) is 38.8 Å². The molecule has 0 N–H and O–H groups in total. The van der Waals surface area contributed by atoms with Crippen LogP contribution < -0.4 is 4.90 Å². The lowest BCUT2D eigenvalue weighted by molar-refractivity contribution is -0.116. The second-order valence-corrected chi connectivity index (χ2v) is 7.06. The van der Waals surface area contributed by atoms with Crippen molar-refractivity contribution in [3.63, 3.8) is 0 Å². The average molecular weight is 352 g/mol. The van der Waals surface area contributed by atoms with Crippen molar-refractivity contribution >= 4 is 17.5 Å². The summed E-state index contributed by atoms with van der Waals surface area (Å²) < 4.78 is 13.5. The van der Waals surface area contributed by atoms with E-state index in [1.807, 2.05) is 23.1 Å². The Hall–Kier alpha value is -2.69. The van der Waals surface area contributed by atoms with Crippen LogP contribution in [-0.2, 0) is 17.8 Å². The third-order valence-corrected chi connectivity index (χ3v) is 5.09. The summed E-state index contributed by atoms with van der Waals surface area (Å²) in [7, 11) is 0. The highest BCUT2D eigenvalue weighted by atomic mass is 19.1. The number of rotatable bonds is 4. The van der Waals surface area contributed by atoms with Gasteiger partial charge in [0.1, 0.15) is 5.82 Å². The molecule has 0 saturated heterocycles. The number of benzene rings is 2. The molecule has 0 atom stereocenters. The third-order valence-electron chi connectivity index (χ3n) is 5.09. The van der Waals surface area contributed by atoms with Crippen LogP contribution in [-0.4, -0.2) is 29.3 Å². The largest absolute Gasteiger partial charge is 0.331 e. The third kappa shape index (κ3) is 3.21. The Labute approximate surface area is 152 Å². The van der Waals surface area contributed by atoms with Crippen LogP contribution in [0.25, 0.3) is 0 Å². The molecule has 134 valence electrons. The van der Waals surface area contributed by atoms with E-state index in [4.69, 9.17) is 0 Å². The Morgan fingerprint density at radius 1 is 1.19 bits per heavy atom. The molecule has 0 bridgehead atoms. The molecule has 0 spiro atoms. The van der Waals surface area contributed by atoms with Crippen molar-refractivity contribution in [1.29, 1.82) is 0 Å². The first-order chi connectivity index (χ1) is 12.5. The Morgan fingerprint density at radius 2 is 2.00 bits per heavy atom. The molecule has 2 aromatic rings. The first-order valence-corrected chi connectivity index (χ1v) is 8.99. The minimum atomic E-state index is -0.285. The summed E-state index contributed by atoms with van der Waals surface area (Å²) in [6.07, 6.45) is 2.75. The summed E-state index contributed by atoms with van der Waals surface area (Å²) in [5.41, 5.74) is 3.37. The normalized spacial score (nSPS) is 15.7. The van der Waals surface area contributed by atoms with Crippen LogP contribution in [0.2, 0.25) is 0 Å². The summed E-state index contributed by atoms with van der Waals surface area (Å²) >= 11 is 0. The Bertz CT molecular complexity index is 876. The predicted octanol–water partition coefficient (Wildman–Crippen LogP) is 3.54. The number of halogens is 1. The molecule has 4 rings (SSSR count). The lowest BCUT2D eigenvalue weighted by Crippen LogP contribution is -2.32. The monoisotopic (exact) mass is 352 g/mol. The van der Waals surface area contributed by atoms with Gasteiger partial charge in [0, 0.05) is 37.3 Å². The van der Waals surface area contributed by atoms with Gasteiger partial charge in [0.25, 0.3) is 5.91 Å². The minimum absolute atomic E-state index is 0.0218. The molecule has 2 aromatic carbocycles. The SMILES string of the molecule is CC(=O)N1CCc2cc(C(=O)N(Cc3cccc(F)c3)C3CC3)ccc21. The van der Waals surface area contributed by atoms with Gasteiger partial charge in [0.15, 0.2) is 0 Å². The van der Waals surface area contributed by atoms with Crippen molar-refractivity contribution in [3.8, 4) is 0 Å². The van der Waals surface area contributed by atoms with Gasteiger partial charge in [-0.05, 0) is 60.7 Å². The van der Waals surface area contributed by atoms with Gasteiger partial charge in [-0.2, -0.15) is 0 Å². The Morgan fingerprint density at radius 3 is 2.69 bits per heavy atom. The van der Waals surface area contributed by atoms with Gasteiger partial charge in [-0.15, -0.1) is 0 Å². The van der Waals surface area contributed by atoms with Crippen molar-refractivity contribution in [3.05, 3.63) is 65.0 Å². The van der Waals surface area contributed by atoms with E-state index in [-0.39, 0.29) is 23.7 Å². The van der Waals surface area contributed by atoms with E-state index in [2.05, 4.69) is 0 Å². The fourth-order valence-corrected chi connectivity index (χ4v) is 3.61. The standard InChI is InChI=1S/C21H21FN2O2/c1-14(25)23-10-9-16-12-17(5-8-20(16)23)21(26)24(19-6-7-19)13-15-3-2-4-18(22)11-15/h2-5,8,11-12,19H,6-7,9-10,13H2,1H3. The van der Waals surface area contributed by atoms with E-state index in [9.17, 15) is 14.0 Å². The maximum absolute atomic E-state index is 13.5.